The van der Waals surface area contributed by atoms with Gasteiger partial charge in [0.05, 0.1) is 22.6 Å². The normalized spacial score (nSPS) is 22.9. The Kier molecular flexibility index (Phi) is 5.06. The number of aliphatic hydroxyl groups is 1. The third-order valence-corrected chi connectivity index (χ3v) is 5.63. The summed E-state index contributed by atoms with van der Waals surface area (Å²) in [7, 11) is -2.04. The number of benzene rings is 1. The van der Waals surface area contributed by atoms with E-state index in [1.54, 1.807) is 6.07 Å². The largest absolute Gasteiger partial charge is 0.496 e. The van der Waals surface area contributed by atoms with Gasteiger partial charge in [-0.2, -0.15) is 0 Å². The summed E-state index contributed by atoms with van der Waals surface area (Å²) in [5.74, 6) is 0.585. The minimum Gasteiger partial charge on any atom is -0.496 e. The molecule has 2 atom stereocenters. The fourth-order valence-corrected chi connectivity index (χ4v) is 4.18. The molecule has 1 aliphatic carbocycles. The van der Waals surface area contributed by atoms with Crippen LogP contribution in [-0.4, -0.2) is 33.3 Å². The Morgan fingerprint density at radius 2 is 2.20 bits per heavy atom. The van der Waals surface area contributed by atoms with Gasteiger partial charge in [0.1, 0.15) is 5.75 Å². The maximum Gasteiger partial charge on any atom is 0.240 e. The number of rotatable bonds is 5. The standard InChI is InChI=1S/C13H18BrNO4S/c1-19-13-6-5-10(7-11(13)14)20(17,18)15-8-9-3-2-4-12(9)16/h5-7,9,12,15-16H,2-4,8H2,1H3. The molecular weight excluding hydrogens is 346 g/mol. The number of hydrogen-bond donors (Lipinski definition) is 2. The van der Waals surface area contributed by atoms with Gasteiger partial charge in [0.15, 0.2) is 0 Å². The summed E-state index contributed by atoms with van der Waals surface area (Å²) in [6, 6.07) is 4.60. The lowest BCUT2D eigenvalue weighted by atomic mass is 10.1. The summed E-state index contributed by atoms with van der Waals surface area (Å²) >= 11 is 3.27. The highest BCUT2D eigenvalue weighted by Gasteiger charge is 2.27. The van der Waals surface area contributed by atoms with Gasteiger partial charge in [-0.15, -0.1) is 0 Å². The van der Waals surface area contributed by atoms with Crippen LogP contribution in [0.4, 0.5) is 0 Å². The maximum absolute atomic E-state index is 12.2. The molecule has 1 aromatic rings. The van der Waals surface area contributed by atoms with E-state index in [4.69, 9.17) is 4.74 Å². The van der Waals surface area contributed by atoms with E-state index in [-0.39, 0.29) is 17.4 Å². The predicted molar refractivity (Wildman–Crippen MR) is 79.2 cm³/mol. The molecule has 112 valence electrons. The Labute approximate surface area is 127 Å². The lowest BCUT2D eigenvalue weighted by Crippen LogP contribution is -2.32. The first-order chi connectivity index (χ1) is 9.44. The highest BCUT2D eigenvalue weighted by molar-refractivity contribution is 9.10. The second-order valence-corrected chi connectivity index (χ2v) is 7.53. The lowest BCUT2D eigenvalue weighted by molar-refractivity contribution is 0.134. The van der Waals surface area contributed by atoms with E-state index in [9.17, 15) is 13.5 Å². The monoisotopic (exact) mass is 363 g/mol. The molecule has 0 radical (unpaired) electrons. The first-order valence-corrected chi connectivity index (χ1v) is 8.73. The van der Waals surface area contributed by atoms with Crippen LogP contribution in [0, 0.1) is 5.92 Å². The molecule has 0 aliphatic heterocycles. The predicted octanol–water partition coefficient (Wildman–Crippen LogP) is 1.90. The average Bonchev–Trinajstić information content (AvgIpc) is 2.82. The number of hydrogen-bond acceptors (Lipinski definition) is 4. The first-order valence-electron chi connectivity index (χ1n) is 6.45. The minimum absolute atomic E-state index is 0.00599. The molecule has 0 spiro atoms. The molecule has 1 fully saturated rings. The number of aliphatic hydroxyl groups excluding tert-OH is 1. The molecule has 0 aromatic heterocycles. The molecule has 5 nitrogen and oxygen atoms in total. The van der Waals surface area contributed by atoms with Crippen molar-refractivity contribution in [3.63, 3.8) is 0 Å². The number of methoxy groups -OCH3 is 1. The fraction of sp³-hybridized carbons (Fsp3) is 0.538. The van der Waals surface area contributed by atoms with Gasteiger partial charge in [0, 0.05) is 6.54 Å². The number of sulfonamides is 1. The molecule has 20 heavy (non-hydrogen) atoms. The van der Waals surface area contributed by atoms with Crippen LogP contribution in [0.25, 0.3) is 0 Å². The molecule has 1 aromatic carbocycles. The summed E-state index contributed by atoms with van der Waals surface area (Å²) < 4.78 is 32.6. The van der Waals surface area contributed by atoms with Crippen LogP contribution in [0.2, 0.25) is 0 Å². The van der Waals surface area contributed by atoms with Crippen LogP contribution >= 0.6 is 15.9 Å². The van der Waals surface area contributed by atoms with Crippen LogP contribution < -0.4 is 9.46 Å². The van der Waals surface area contributed by atoms with Gasteiger partial charge in [-0.05, 0) is 52.9 Å². The maximum atomic E-state index is 12.2. The zero-order chi connectivity index (χ0) is 14.8. The number of nitrogens with one attached hydrogen (secondary N) is 1. The molecule has 2 N–H and O–H groups in total. The van der Waals surface area contributed by atoms with Gasteiger partial charge < -0.3 is 9.84 Å². The van der Waals surface area contributed by atoms with Crippen LogP contribution in [-0.2, 0) is 10.0 Å². The zero-order valence-electron chi connectivity index (χ0n) is 11.2. The van der Waals surface area contributed by atoms with Crippen LogP contribution in [0.3, 0.4) is 0 Å². The van der Waals surface area contributed by atoms with Gasteiger partial charge in [0.2, 0.25) is 10.0 Å². The van der Waals surface area contributed by atoms with Gasteiger partial charge in [-0.25, -0.2) is 13.1 Å². The van der Waals surface area contributed by atoms with Crippen molar-refractivity contribution in [1.82, 2.24) is 4.72 Å². The number of ether oxygens (including phenoxy) is 1. The second-order valence-electron chi connectivity index (χ2n) is 4.91. The van der Waals surface area contributed by atoms with Crippen molar-refractivity contribution < 1.29 is 18.3 Å². The van der Waals surface area contributed by atoms with Crippen molar-refractivity contribution in [2.45, 2.75) is 30.3 Å². The van der Waals surface area contributed by atoms with Crippen LogP contribution in [0.5, 0.6) is 5.75 Å². The molecule has 2 unspecified atom stereocenters. The van der Waals surface area contributed by atoms with E-state index in [0.29, 0.717) is 10.2 Å². The van der Waals surface area contributed by atoms with Crippen molar-refractivity contribution in [2.24, 2.45) is 5.92 Å². The molecule has 0 saturated heterocycles. The molecule has 0 amide bonds. The fourth-order valence-electron chi connectivity index (χ4n) is 2.37. The molecule has 1 aliphatic rings. The molecule has 2 rings (SSSR count). The Bertz CT molecular complexity index is 576. The van der Waals surface area contributed by atoms with Crippen molar-refractivity contribution >= 4 is 26.0 Å². The molecule has 1 saturated carbocycles. The summed E-state index contributed by atoms with van der Waals surface area (Å²) in [4.78, 5) is 0.178. The third kappa shape index (κ3) is 3.52. The van der Waals surface area contributed by atoms with Crippen molar-refractivity contribution in [1.29, 1.82) is 0 Å². The van der Waals surface area contributed by atoms with Gasteiger partial charge in [-0.3, -0.25) is 0 Å². The molecular formula is C13H18BrNO4S. The Morgan fingerprint density at radius 3 is 2.75 bits per heavy atom. The summed E-state index contributed by atoms with van der Waals surface area (Å²) in [5, 5.41) is 9.71. The molecule has 0 heterocycles. The van der Waals surface area contributed by atoms with Gasteiger partial charge in [0.25, 0.3) is 0 Å². The Balaban J connectivity index is 2.08. The summed E-state index contributed by atoms with van der Waals surface area (Å²) in [5.41, 5.74) is 0. The van der Waals surface area contributed by atoms with E-state index < -0.39 is 16.1 Å². The first kappa shape index (κ1) is 15.8. The van der Waals surface area contributed by atoms with Crippen molar-refractivity contribution in [3.8, 4) is 5.75 Å². The van der Waals surface area contributed by atoms with E-state index in [1.807, 2.05) is 0 Å². The zero-order valence-corrected chi connectivity index (χ0v) is 13.6. The SMILES string of the molecule is COc1ccc(S(=O)(=O)NCC2CCCC2O)cc1Br. The van der Waals surface area contributed by atoms with Crippen molar-refractivity contribution in [2.75, 3.05) is 13.7 Å². The summed E-state index contributed by atoms with van der Waals surface area (Å²) in [6.45, 7) is 0.271. The van der Waals surface area contributed by atoms with E-state index in [0.717, 1.165) is 19.3 Å². The van der Waals surface area contributed by atoms with Gasteiger partial charge >= 0.3 is 0 Å². The number of halogens is 1. The van der Waals surface area contributed by atoms with Gasteiger partial charge in [-0.1, -0.05) is 6.42 Å². The Morgan fingerprint density at radius 1 is 1.45 bits per heavy atom. The average molecular weight is 364 g/mol. The van der Waals surface area contributed by atoms with E-state index >= 15 is 0 Å². The topological polar surface area (TPSA) is 75.6 Å². The third-order valence-electron chi connectivity index (χ3n) is 3.59. The van der Waals surface area contributed by atoms with Crippen LogP contribution in [0.15, 0.2) is 27.6 Å². The lowest BCUT2D eigenvalue weighted by Gasteiger charge is -2.15. The van der Waals surface area contributed by atoms with E-state index in [1.165, 1.54) is 19.2 Å². The highest BCUT2D eigenvalue weighted by atomic mass is 79.9. The summed E-state index contributed by atoms with van der Waals surface area (Å²) in [6.07, 6.45) is 2.15. The Hall–Kier alpha value is -0.630. The second kappa shape index (κ2) is 6.43. The highest BCUT2D eigenvalue weighted by Crippen LogP contribution is 2.28. The smallest absolute Gasteiger partial charge is 0.240 e. The quantitative estimate of drug-likeness (QED) is 0.837. The van der Waals surface area contributed by atoms with Crippen molar-refractivity contribution in [3.05, 3.63) is 22.7 Å². The molecule has 7 heteroatoms. The minimum atomic E-state index is -3.57. The van der Waals surface area contributed by atoms with Crippen LogP contribution in [0.1, 0.15) is 19.3 Å². The molecule has 0 bridgehead atoms. The van der Waals surface area contributed by atoms with E-state index in [2.05, 4.69) is 20.7 Å².